The van der Waals surface area contributed by atoms with Crippen LogP contribution in [0, 0.1) is 13.8 Å². The van der Waals surface area contributed by atoms with E-state index in [4.69, 9.17) is 4.98 Å². The van der Waals surface area contributed by atoms with Crippen molar-refractivity contribution in [3.63, 3.8) is 0 Å². The van der Waals surface area contributed by atoms with E-state index >= 15 is 0 Å². The number of aryl methyl sites for hydroxylation is 2. The lowest BCUT2D eigenvalue weighted by molar-refractivity contribution is 0.0985. The Morgan fingerprint density at radius 3 is 2.59 bits per heavy atom. The van der Waals surface area contributed by atoms with Crippen molar-refractivity contribution in [3.8, 4) is 0 Å². The molecule has 1 amide bonds. The predicted octanol–water partition coefficient (Wildman–Crippen LogP) is 5.27. The summed E-state index contributed by atoms with van der Waals surface area (Å²) in [6.45, 7) is 5.60. The van der Waals surface area contributed by atoms with Crippen LogP contribution in [-0.4, -0.2) is 43.0 Å². The minimum atomic E-state index is 0.0179. The Morgan fingerprint density at radius 2 is 1.89 bits per heavy atom. The van der Waals surface area contributed by atoms with Gasteiger partial charge in [-0.05, 0) is 70.7 Å². The second-order valence-corrected chi connectivity index (χ2v) is 8.97. The van der Waals surface area contributed by atoms with E-state index in [0.29, 0.717) is 6.54 Å². The van der Waals surface area contributed by atoms with Gasteiger partial charge in [-0.2, -0.15) is 0 Å². The molecule has 142 valence electrons. The zero-order chi connectivity index (χ0) is 19.6. The fraction of sp³-hybridized carbons (Fsp3) is 0.333. The molecule has 0 N–H and O–H groups in total. The minimum Gasteiger partial charge on any atom is -0.309 e. The number of carbonyl (C=O) groups excluding carboxylic acids is 1. The van der Waals surface area contributed by atoms with Crippen LogP contribution in [0.2, 0.25) is 0 Å². The summed E-state index contributed by atoms with van der Waals surface area (Å²) in [6, 6.07) is 12.0. The van der Waals surface area contributed by atoms with Crippen LogP contribution in [-0.2, 0) is 0 Å². The van der Waals surface area contributed by atoms with E-state index in [1.807, 2.05) is 57.1 Å². The Balaban J connectivity index is 1.97. The molecule has 3 rings (SSSR count). The molecule has 6 heteroatoms. The Bertz CT molecular complexity index is 967. The van der Waals surface area contributed by atoms with Crippen LogP contribution < -0.4 is 4.90 Å². The molecule has 0 bridgehead atoms. The van der Waals surface area contributed by atoms with Crippen molar-refractivity contribution < 1.29 is 4.79 Å². The molecule has 0 aliphatic rings. The molecule has 0 saturated heterocycles. The SMILES string of the molecule is Cc1ccc(C(=O)N(CCCN(C)C)c2nc3ccc(Br)cc3s2)c(C)c1. The number of thiazole rings is 1. The van der Waals surface area contributed by atoms with Crippen molar-refractivity contribution in [2.24, 2.45) is 0 Å². The monoisotopic (exact) mass is 445 g/mol. The molecule has 2 aromatic carbocycles. The van der Waals surface area contributed by atoms with Crippen LogP contribution in [0.1, 0.15) is 27.9 Å². The van der Waals surface area contributed by atoms with Gasteiger partial charge in [-0.25, -0.2) is 4.98 Å². The molecular weight excluding hydrogens is 422 g/mol. The molecule has 1 heterocycles. The molecule has 3 aromatic rings. The summed E-state index contributed by atoms with van der Waals surface area (Å²) in [5.74, 6) is 0.0179. The third-order valence-corrected chi connectivity index (χ3v) is 5.95. The molecule has 1 aromatic heterocycles. The number of hydrogen-bond donors (Lipinski definition) is 0. The van der Waals surface area contributed by atoms with Gasteiger partial charge in [0, 0.05) is 16.6 Å². The number of aromatic nitrogens is 1. The number of fused-ring (bicyclic) bond motifs is 1. The molecule has 0 saturated carbocycles. The van der Waals surface area contributed by atoms with Crippen molar-refractivity contribution in [2.75, 3.05) is 32.1 Å². The summed E-state index contributed by atoms with van der Waals surface area (Å²) >= 11 is 5.07. The van der Waals surface area contributed by atoms with Gasteiger partial charge >= 0.3 is 0 Å². The number of rotatable bonds is 6. The molecule has 0 atom stereocenters. The number of halogens is 1. The van der Waals surface area contributed by atoms with Gasteiger partial charge in [0.15, 0.2) is 5.13 Å². The van der Waals surface area contributed by atoms with Gasteiger partial charge in [-0.15, -0.1) is 0 Å². The third-order valence-electron chi connectivity index (χ3n) is 4.41. The highest BCUT2D eigenvalue weighted by molar-refractivity contribution is 9.10. The van der Waals surface area contributed by atoms with Crippen LogP contribution in [0.15, 0.2) is 40.9 Å². The van der Waals surface area contributed by atoms with E-state index in [2.05, 4.69) is 33.0 Å². The topological polar surface area (TPSA) is 36.4 Å². The number of benzene rings is 2. The average molecular weight is 446 g/mol. The number of anilines is 1. The molecule has 4 nitrogen and oxygen atoms in total. The van der Waals surface area contributed by atoms with Crippen LogP contribution >= 0.6 is 27.3 Å². The first-order valence-corrected chi connectivity index (χ1v) is 10.6. The summed E-state index contributed by atoms with van der Waals surface area (Å²) in [4.78, 5) is 22.1. The van der Waals surface area contributed by atoms with Crippen LogP contribution in [0.25, 0.3) is 10.2 Å². The van der Waals surface area contributed by atoms with Crippen molar-refractivity contribution in [2.45, 2.75) is 20.3 Å². The maximum atomic E-state index is 13.4. The zero-order valence-corrected chi connectivity index (χ0v) is 18.5. The van der Waals surface area contributed by atoms with Crippen LogP contribution in [0.4, 0.5) is 5.13 Å². The highest BCUT2D eigenvalue weighted by Gasteiger charge is 2.22. The average Bonchev–Trinajstić information content (AvgIpc) is 3.00. The van der Waals surface area contributed by atoms with E-state index in [0.717, 1.165) is 49.5 Å². The van der Waals surface area contributed by atoms with Gasteiger partial charge in [0.25, 0.3) is 5.91 Å². The first-order chi connectivity index (χ1) is 12.8. The molecule has 0 radical (unpaired) electrons. The van der Waals surface area contributed by atoms with Crippen molar-refractivity contribution in [1.29, 1.82) is 0 Å². The van der Waals surface area contributed by atoms with Crippen LogP contribution in [0.3, 0.4) is 0 Å². The second-order valence-electron chi connectivity index (χ2n) is 7.04. The van der Waals surface area contributed by atoms with Crippen molar-refractivity contribution in [1.82, 2.24) is 9.88 Å². The number of nitrogens with zero attached hydrogens (tertiary/aromatic N) is 3. The van der Waals surface area contributed by atoms with E-state index in [-0.39, 0.29) is 5.91 Å². The number of amides is 1. The van der Waals surface area contributed by atoms with Crippen molar-refractivity contribution in [3.05, 3.63) is 57.6 Å². The van der Waals surface area contributed by atoms with Crippen LogP contribution in [0.5, 0.6) is 0 Å². The Morgan fingerprint density at radius 1 is 1.11 bits per heavy atom. The molecule has 0 fully saturated rings. The minimum absolute atomic E-state index is 0.0179. The van der Waals surface area contributed by atoms with E-state index in [1.54, 1.807) is 11.3 Å². The molecule has 0 spiro atoms. The Hall–Kier alpha value is -1.76. The summed E-state index contributed by atoms with van der Waals surface area (Å²) in [7, 11) is 4.09. The van der Waals surface area contributed by atoms with E-state index < -0.39 is 0 Å². The molecular formula is C21H24BrN3OS. The lowest BCUT2D eigenvalue weighted by Crippen LogP contribution is -2.33. The fourth-order valence-corrected chi connectivity index (χ4v) is 4.57. The Kier molecular flexibility index (Phi) is 6.29. The molecule has 0 aliphatic carbocycles. The summed E-state index contributed by atoms with van der Waals surface area (Å²) < 4.78 is 2.09. The van der Waals surface area contributed by atoms with E-state index in [9.17, 15) is 4.79 Å². The highest BCUT2D eigenvalue weighted by Crippen LogP contribution is 2.32. The molecule has 0 aliphatic heterocycles. The Labute approximate surface area is 172 Å². The van der Waals surface area contributed by atoms with Gasteiger partial charge in [-0.3, -0.25) is 9.69 Å². The second kappa shape index (κ2) is 8.50. The zero-order valence-electron chi connectivity index (χ0n) is 16.1. The maximum Gasteiger partial charge on any atom is 0.260 e. The smallest absolute Gasteiger partial charge is 0.260 e. The first kappa shape index (κ1) is 20.0. The summed E-state index contributed by atoms with van der Waals surface area (Å²) in [6.07, 6.45) is 0.892. The summed E-state index contributed by atoms with van der Waals surface area (Å²) in [5.41, 5.74) is 3.82. The summed E-state index contributed by atoms with van der Waals surface area (Å²) in [5, 5.41) is 0.756. The van der Waals surface area contributed by atoms with Gasteiger partial charge < -0.3 is 4.90 Å². The first-order valence-electron chi connectivity index (χ1n) is 8.95. The fourth-order valence-electron chi connectivity index (χ4n) is 3.03. The van der Waals surface area contributed by atoms with Gasteiger partial charge in [0.05, 0.1) is 10.2 Å². The third kappa shape index (κ3) is 4.75. The number of carbonyl (C=O) groups is 1. The molecule has 0 unspecified atom stereocenters. The molecule has 27 heavy (non-hydrogen) atoms. The lowest BCUT2D eigenvalue weighted by atomic mass is 10.0. The van der Waals surface area contributed by atoms with Crippen molar-refractivity contribution >= 4 is 48.5 Å². The maximum absolute atomic E-state index is 13.4. The number of hydrogen-bond acceptors (Lipinski definition) is 4. The largest absolute Gasteiger partial charge is 0.309 e. The van der Waals surface area contributed by atoms with Gasteiger partial charge in [0.2, 0.25) is 0 Å². The van der Waals surface area contributed by atoms with Gasteiger partial charge in [0.1, 0.15) is 0 Å². The lowest BCUT2D eigenvalue weighted by Gasteiger charge is -2.22. The predicted molar refractivity (Wildman–Crippen MR) is 118 cm³/mol. The standard InChI is InChI=1S/C21H24BrN3OS/c1-14-6-8-17(15(2)12-14)20(26)25(11-5-10-24(3)4)21-23-18-9-7-16(22)13-19(18)27-21/h6-9,12-13H,5,10-11H2,1-4H3. The highest BCUT2D eigenvalue weighted by atomic mass is 79.9. The normalized spacial score (nSPS) is 11.3. The van der Waals surface area contributed by atoms with E-state index in [1.165, 1.54) is 0 Å². The van der Waals surface area contributed by atoms with Gasteiger partial charge in [-0.1, -0.05) is 45.0 Å². The quantitative estimate of drug-likeness (QED) is 0.517.